The predicted molar refractivity (Wildman–Crippen MR) is 88.4 cm³/mol. The summed E-state index contributed by atoms with van der Waals surface area (Å²) >= 11 is 5.94. The van der Waals surface area contributed by atoms with Crippen molar-refractivity contribution in [2.45, 2.75) is 19.6 Å². The second kappa shape index (κ2) is 6.08. The summed E-state index contributed by atoms with van der Waals surface area (Å²) < 4.78 is 5.76. The van der Waals surface area contributed by atoms with Crippen LogP contribution in [0.1, 0.15) is 12.5 Å². The van der Waals surface area contributed by atoms with E-state index in [9.17, 15) is 9.90 Å². The highest BCUT2D eigenvalue weighted by atomic mass is 35.5. The van der Waals surface area contributed by atoms with E-state index in [0.717, 1.165) is 5.56 Å². The average Bonchev–Trinajstić information content (AvgIpc) is 2.47. The Morgan fingerprint density at radius 3 is 2.77 bits per heavy atom. The molecule has 0 aliphatic rings. The van der Waals surface area contributed by atoms with Crippen LogP contribution in [0.25, 0.3) is 21.9 Å². The van der Waals surface area contributed by atoms with Gasteiger partial charge in [-0.3, -0.25) is 4.79 Å². The van der Waals surface area contributed by atoms with E-state index >= 15 is 0 Å². The molecule has 0 aliphatic carbocycles. The molecule has 0 aliphatic heterocycles. The lowest BCUT2D eigenvalue weighted by Gasteiger charge is -2.08. The fourth-order valence-electron chi connectivity index (χ4n) is 2.41. The number of aliphatic hydroxyl groups is 1. The molecule has 22 heavy (non-hydrogen) atoms. The lowest BCUT2D eigenvalue weighted by Crippen LogP contribution is -2.23. The molecule has 0 spiro atoms. The van der Waals surface area contributed by atoms with Crippen LogP contribution in [-0.2, 0) is 6.54 Å². The summed E-state index contributed by atoms with van der Waals surface area (Å²) in [4.78, 5) is 12.6. The van der Waals surface area contributed by atoms with Gasteiger partial charge < -0.3 is 14.8 Å². The molecule has 1 unspecified atom stereocenters. The number of hydrogen-bond donors (Lipinski definition) is 2. The first-order chi connectivity index (χ1) is 10.5. The molecular formula is C17H16ClNO3. The van der Waals surface area contributed by atoms with Gasteiger partial charge in [0.15, 0.2) is 0 Å². The Kier molecular flexibility index (Phi) is 4.16. The first kappa shape index (κ1) is 15.0. The highest BCUT2D eigenvalue weighted by molar-refractivity contribution is 6.31. The fourth-order valence-corrected chi connectivity index (χ4v) is 2.57. The molecule has 0 fully saturated rings. The molecule has 3 rings (SSSR count). The Labute approximate surface area is 132 Å². The zero-order valence-corrected chi connectivity index (χ0v) is 12.9. The topological polar surface area (TPSA) is 62.5 Å². The maximum absolute atomic E-state index is 12.6. The van der Waals surface area contributed by atoms with Crippen molar-refractivity contribution in [2.24, 2.45) is 0 Å². The average molecular weight is 318 g/mol. The van der Waals surface area contributed by atoms with E-state index in [-0.39, 0.29) is 5.43 Å². The molecule has 1 aromatic heterocycles. The molecule has 0 saturated heterocycles. The highest BCUT2D eigenvalue weighted by Crippen LogP contribution is 2.22. The lowest BCUT2D eigenvalue weighted by molar-refractivity contribution is 0.191. The summed E-state index contributed by atoms with van der Waals surface area (Å²) in [6, 6.07) is 10.5. The normalized spacial score (nSPS) is 12.9. The van der Waals surface area contributed by atoms with Crippen LogP contribution in [0.15, 0.2) is 45.6 Å². The number of hydrogen-bond acceptors (Lipinski definition) is 4. The number of rotatable bonds is 4. The predicted octanol–water partition coefficient (Wildman–Crippen LogP) is 3.07. The number of halogens is 1. The minimum atomic E-state index is -0.404. The van der Waals surface area contributed by atoms with Crippen molar-refractivity contribution in [1.82, 2.24) is 5.32 Å². The Morgan fingerprint density at radius 2 is 2.00 bits per heavy atom. The van der Waals surface area contributed by atoms with Crippen molar-refractivity contribution < 1.29 is 9.52 Å². The molecule has 0 bridgehead atoms. The Morgan fingerprint density at radius 1 is 1.18 bits per heavy atom. The van der Waals surface area contributed by atoms with Crippen LogP contribution >= 0.6 is 11.6 Å². The van der Waals surface area contributed by atoms with E-state index in [1.54, 1.807) is 31.2 Å². The summed E-state index contributed by atoms with van der Waals surface area (Å²) in [5.41, 5.74) is 1.93. The first-order valence-electron chi connectivity index (χ1n) is 7.08. The molecule has 1 heterocycles. The summed E-state index contributed by atoms with van der Waals surface area (Å²) in [5.74, 6) is 0. The van der Waals surface area contributed by atoms with Crippen LogP contribution in [0.3, 0.4) is 0 Å². The van der Waals surface area contributed by atoms with Gasteiger partial charge in [-0.05, 0) is 36.8 Å². The number of fused-ring (bicyclic) bond motifs is 2. The second-order valence-corrected chi connectivity index (χ2v) is 5.82. The Balaban J connectivity index is 2.04. The standard InChI is InChI=1S/C17H16ClNO3/c1-10(20)8-19-9-11-2-5-15-14(6-11)17(21)13-4-3-12(18)7-16(13)22-15/h2-7,10,19-20H,8-9H2,1H3. The van der Waals surface area contributed by atoms with Gasteiger partial charge in [-0.25, -0.2) is 0 Å². The Bertz CT molecular complexity index is 886. The van der Waals surface area contributed by atoms with Crippen LogP contribution in [0.2, 0.25) is 5.02 Å². The molecule has 2 aromatic carbocycles. The first-order valence-corrected chi connectivity index (χ1v) is 7.46. The van der Waals surface area contributed by atoms with Gasteiger partial charge in [-0.15, -0.1) is 0 Å². The van der Waals surface area contributed by atoms with E-state index < -0.39 is 6.10 Å². The quantitative estimate of drug-likeness (QED) is 0.726. The summed E-state index contributed by atoms with van der Waals surface area (Å²) in [5, 5.41) is 14.0. The third kappa shape index (κ3) is 2.99. The molecule has 0 saturated carbocycles. The van der Waals surface area contributed by atoms with Gasteiger partial charge in [-0.2, -0.15) is 0 Å². The van der Waals surface area contributed by atoms with Gasteiger partial charge in [-0.1, -0.05) is 17.7 Å². The minimum absolute atomic E-state index is 0.0645. The maximum Gasteiger partial charge on any atom is 0.200 e. The van der Waals surface area contributed by atoms with Gasteiger partial charge in [0.1, 0.15) is 11.2 Å². The van der Waals surface area contributed by atoms with Gasteiger partial charge in [0.25, 0.3) is 0 Å². The summed E-state index contributed by atoms with van der Waals surface area (Å²) in [6.07, 6.45) is -0.404. The maximum atomic E-state index is 12.6. The van der Waals surface area contributed by atoms with Crippen molar-refractivity contribution in [3.8, 4) is 0 Å². The third-order valence-electron chi connectivity index (χ3n) is 3.47. The SMILES string of the molecule is CC(O)CNCc1ccc2oc3cc(Cl)ccc3c(=O)c2c1. The van der Waals surface area contributed by atoms with Gasteiger partial charge in [0.05, 0.1) is 16.9 Å². The van der Waals surface area contributed by atoms with Crippen molar-refractivity contribution in [1.29, 1.82) is 0 Å². The van der Waals surface area contributed by atoms with Crippen molar-refractivity contribution in [2.75, 3.05) is 6.54 Å². The van der Waals surface area contributed by atoms with Crippen LogP contribution in [-0.4, -0.2) is 17.8 Å². The fraction of sp³-hybridized carbons (Fsp3) is 0.235. The van der Waals surface area contributed by atoms with E-state index in [0.29, 0.717) is 40.1 Å². The van der Waals surface area contributed by atoms with Gasteiger partial charge in [0.2, 0.25) is 5.43 Å². The summed E-state index contributed by atoms with van der Waals surface area (Å²) in [7, 11) is 0. The van der Waals surface area contributed by atoms with Crippen LogP contribution in [0.5, 0.6) is 0 Å². The molecule has 0 amide bonds. The molecule has 0 radical (unpaired) electrons. The van der Waals surface area contributed by atoms with Crippen molar-refractivity contribution in [3.63, 3.8) is 0 Å². The lowest BCUT2D eigenvalue weighted by atomic mass is 10.1. The molecule has 114 valence electrons. The van der Waals surface area contributed by atoms with E-state index in [4.69, 9.17) is 16.0 Å². The monoisotopic (exact) mass is 317 g/mol. The van der Waals surface area contributed by atoms with Gasteiger partial charge >= 0.3 is 0 Å². The molecular weight excluding hydrogens is 302 g/mol. The smallest absolute Gasteiger partial charge is 0.200 e. The highest BCUT2D eigenvalue weighted by Gasteiger charge is 2.09. The number of aliphatic hydroxyl groups excluding tert-OH is 1. The van der Waals surface area contributed by atoms with Crippen LogP contribution in [0, 0.1) is 0 Å². The Hall–Kier alpha value is -1.88. The van der Waals surface area contributed by atoms with Crippen molar-refractivity contribution >= 4 is 33.5 Å². The van der Waals surface area contributed by atoms with Crippen LogP contribution in [0.4, 0.5) is 0 Å². The molecule has 2 N–H and O–H groups in total. The van der Waals surface area contributed by atoms with Crippen molar-refractivity contribution in [3.05, 3.63) is 57.2 Å². The van der Waals surface area contributed by atoms with Crippen LogP contribution < -0.4 is 10.7 Å². The molecule has 3 aromatic rings. The second-order valence-electron chi connectivity index (χ2n) is 5.38. The van der Waals surface area contributed by atoms with Gasteiger partial charge in [0, 0.05) is 24.2 Å². The van der Waals surface area contributed by atoms with E-state index in [1.165, 1.54) is 0 Å². The number of benzene rings is 2. The minimum Gasteiger partial charge on any atom is -0.456 e. The zero-order chi connectivity index (χ0) is 15.7. The largest absolute Gasteiger partial charge is 0.456 e. The number of nitrogens with one attached hydrogen (secondary N) is 1. The third-order valence-corrected chi connectivity index (χ3v) is 3.70. The zero-order valence-electron chi connectivity index (χ0n) is 12.1. The van der Waals surface area contributed by atoms with E-state index in [1.807, 2.05) is 12.1 Å². The summed E-state index contributed by atoms with van der Waals surface area (Å²) in [6.45, 7) is 2.81. The molecule has 4 nitrogen and oxygen atoms in total. The van der Waals surface area contributed by atoms with E-state index in [2.05, 4.69) is 5.32 Å². The molecule has 1 atom stereocenters. The molecule has 5 heteroatoms.